The molecule has 0 spiro atoms. The van der Waals surface area contributed by atoms with E-state index in [2.05, 4.69) is 4.72 Å². The second kappa shape index (κ2) is 8.65. The first-order valence-electron chi connectivity index (χ1n) is 7.47. The topological polar surface area (TPSA) is 64.6 Å². The minimum absolute atomic E-state index is 0.00347. The van der Waals surface area contributed by atoms with E-state index in [1.54, 1.807) is 7.11 Å². The maximum atomic E-state index is 12.8. The van der Waals surface area contributed by atoms with Crippen LogP contribution in [0.2, 0.25) is 0 Å². The van der Waals surface area contributed by atoms with E-state index in [4.69, 9.17) is 9.47 Å². The summed E-state index contributed by atoms with van der Waals surface area (Å²) in [5.41, 5.74) is 1.01. The van der Waals surface area contributed by atoms with E-state index < -0.39 is 10.0 Å². The van der Waals surface area contributed by atoms with E-state index in [1.807, 2.05) is 24.3 Å². The van der Waals surface area contributed by atoms with E-state index in [0.29, 0.717) is 18.7 Å². The van der Waals surface area contributed by atoms with Gasteiger partial charge in [0.15, 0.2) is 0 Å². The molecule has 7 heteroatoms. The van der Waals surface area contributed by atoms with Gasteiger partial charge in [-0.3, -0.25) is 0 Å². The van der Waals surface area contributed by atoms with Crippen molar-refractivity contribution in [2.45, 2.75) is 6.42 Å². The average Bonchev–Trinajstić information content (AvgIpc) is 2.57. The van der Waals surface area contributed by atoms with Crippen molar-refractivity contribution in [3.05, 3.63) is 59.9 Å². The number of hydrogen-bond donors (Lipinski definition) is 1. The zero-order valence-electron chi connectivity index (χ0n) is 13.4. The molecule has 2 rings (SSSR count). The number of benzene rings is 2. The van der Waals surface area contributed by atoms with Crippen molar-refractivity contribution in [1.29, 1.82) is 0 Å². The van der Waals surface area contributed by atoms with Gasteiger partial charge in [0, 0.05) is 6.54 Å². The van der Waals surface area contributed by atoms with Crippen molar-refractivity contribution in [1.82, 2.24) is 4.72 Å². The number of hydrogen-bond acceptors (Lipinski definition) is 4. The van der Waals surface area contributed by atoms with Crippen molar-refractivity contribution in [3.8, 4) is 11.5 Å². The van der Waals surface area contributed by atoms with E-state index in [1.165, 1.54) is 24.3 Å². The van der Waals surface area contributed by atoms with Gasteiger partial charge in [-0.15, -0.1) is 0 Å². The zero-order valence-corrected chi connectivity index (χ0v) is 14.2. The Balaban J connectivity index is 1.71. The van der Waals surface area contributed by atoms with Gasteiger partial charge in [-0.1, -0.05) is 12.1 Å². The molecule has 0 atom stereocenters. The van der Waals surface area contributed by atoms with E-state index in [-0.39, 0.29) is 18.2 Å². The number of halogens is 1. The molecular formula is C17H20FNO4S. The molecule has 0 aromatic heterocycles. The fraction of sp³-hybridized carbons (Fsp3) is 0.294. The van der Waals surface area contributed by atoms with Gasteiger partial charge in [0.1, 0.15) is 23.9 Å². The fourth-order valence-electron chi connectivity index (χ4n) is 2.02. The van der Waals surface area contributed by atoms with Gasteiger partial charge in [0.25, 0.3) is 0 Å². The molecule has 130 valence electrons. The van der Waals surface area contributed by atoms with E-state index in [0.717, 1.165) is 11.3 Å². The van der Waals surface area contributed by atoms with Gasteiger partial charge in [-0.25, -0.2) is 17.5 Å². The standard InChI is InChI=1S/C17H20FNO4S/c1-22-16-6-2-14(3-7-16)10-11-19-24(20,21)13-12-23-17-8-4-15(18)5-9-17/h2-9,19H,10-13H2,1H3. The van der Waals surface area contributed by atoms with Crippen molar-refractivity contribution < 1.29 is 22.3 Å². The van der Waals surface area contributed by atoms with Gasteiger partial charge in [0.05, 0.1) is 12.9 Å². The molecule has 0 aliphatic carbocycles. The third kappa shape index (κ3) is 6.17. The van der Waals surface area contributed by atoms with Gasteiger partial charge < -0.3 is 9.47 Å². The summed E-state index contributed by atoms with van der Waals surface area (Å²) in [6.07, 6.45) is 0.585. The zero-order chi connectivity index (χ0) is 17.4. The third-order valence-electron chi connectivity index (χ3n) is 3.33. The Hall–Kier alpha value is -2.12. The van der Waals surface area contributed by atoms with Crippen molar-refractivity contribution in [2.75, 3.05) is 26.0 Å². The molecule has 0 radical (unpaired) electrons. The molecule has 0 aliphatic heterocycles. The molecule has 0 saturated heterocycles. The number of sulfonamides is 1. The quantitative estimate of drug-likeness (QED) is 0.752. The van der Waals surface area contributed by atoms with E-state index >= 15 is 0 Å². The first kappa shape index (κ1) is 18.2. The molecule has 5 nitrogen and oxygen atoms in total. The predicted molar refractivity (Wildman–Crippen MR) is 90.4 cm³/mol. The molecule has 24 heavy (non-hydrogen) atoms. The van der Waals surface area contributed by atoms with Gasteiger partial charge in [0.2, 0.25) is 10.0 Å². The number of nitrogens with one attached hydrogen (secondary N) is 1. The lowest BCUT2D eigenvalue weighted by Crippen LogP contribution is -2.30. The van der Waals surface area contributed by atoms with Gasteiger partial charge >= 0.3 is 0 Å². The monoisotopic (exact) mass is 353 g/mol. The van der Waals surface area contributed by atoms with E-state index in [9.17, 15) is 12.8 Å². The minimum atomic E-state index is -3.42. The van der Waals surface area contributed by atoms with Crippen LogP contribution < -0.4 is 14.2 Å². The van der Waals surface area contributed by atoms with Crippen LogP contribution in [-0.4, -0.2) is 34.4 Å². The Bertz CT molecular complexity index is 730. The van der Waals surface area contributed by atoms with Crippen LogP contribution in [0.5, 0.6) is 11.5 Å². The predicted octanol–water partition coefficient (Wildman–Crippen LogP) is 2.38. The van der Waals surface area contributed by atoms with Crippen LogP contribution >= 0.6 is 0 Å². The second-order valence-electron chi connectivity index (χ2n) is 5.11. The molecule has 0 unspecified atom stereocenters. The van der Waals surface area contributed by atoms with Crippen molar-refractivity contribution in [3.63, 3.8) is 0 Å². The smallest absolute Gasteiger partial charge is 0.214 e. The third-order valence-corrected chi connectivity index (χ3v) is 4.68. The lowest BCUT2D eigenvalue weighted by atomic mass is 10.1. The minimum Gasteiger partial charge on any atom is -0.497 e. The molecule has 2 aromatic rings. The van der Waals surface area contributed by atoms with Crippen LogP contribution in [-0.2, 0) is 16.4 Å². The number of methoxy groups -OCH3 is 1. The molecule has 1 N–H and O–H groups in total. The molecule has 2 aromatic carbocycles. The normalized spacial score (nSPS) is 11.2. The average molecular weight is 353 g/mol. The first-order chi connectivity index (χ1) is 11.5. The highest BCUT2D eigenvalue weighted by atomic mass is 32.2. The van der Waals surface area contributed by atoms with Crippen LogP contribution in [0.3, 0.4) is 0 Å². The number of ether oxygens (including phenoxy) is 2. The summed E-state index contributed by atoms with van der Waals surface area (Å²) in [5.74, 6) is 0.671. The van der Waals surface area contributed by atoms with Crippen LogP contribution in [0.25, 0.3) is 0 Å². The van der Waals surface area contributed by atoms with Crippen molar-refractivity contribution in [2.24, 2.45) is 0 Å². The summed E-state index contributed by atoms with van der Waals surface area (Å²) < 4.78 is 49.4. The maximum absolute atomic E-state index is 12.8. The first-order valence-corrected chi connectivity index (χ1v) is 9.12. The summed E-state index contributed by atoms with van der Waals surface area (Å²) in [4.78, 5) is 0. The summed E-state index contributed by atoms with van der Waals surface area (Å²) in [7, 11) is -1.82. The lowest BCUT2D eigenvalue weighted by molar-refractivity contribution is 0.339. The van der Waals surface area contributed by atoms with Crippen LogP contribution in [0, 0.1) is 5.82 Å². The highest BCUT2D eigenvalue weighted by molar-refractivity contribution is 7.89. The molecular weight excluding hydrogens is 333 g/mol. The van der Waals surface area contributed by atoms with Crippen LogP contribution in [0.15, 0.2) is 48.5 Å². The molecule has 0 aliphatic rings. The summed E-state index contributed by atoms with van der Waals surface area (Å²) in [6.45, 7) is 0.314. The molecule has 0 heterocycles. The highest BCUT2D eigenvalue weighted by Gasteiger charge is 2.10. The molecule has 0 saturated carbocycles. The largest absolute Gasteiger partial charge is 0.497 e. The summed E-state index contributed by atoms with van der Waals surface area (Å²) >= 11 is 0. The van der Waals surface area contributed by atoms with Crippen LogP contribution in [0.4, 0.5) is 4.39 Å². The summed E-state index contributed by atoms with van der Waals surface area (Å²) in [5, 5.41) is 0. The number of rotatable bonds is 9. The Morgan fingerprint density at radius 3 is 2.25 bits per heavy atom. The maximum Gasteiger partial charge on any atom is 0.214 e. The van der Waals surface area contributed by atoms with Gasteiger partial charge in [-0.05, 0) is 48.4 Å². The Labute approximate surface area is 141 Å². The Kier molecular flexibility index (Phi) is 6.57. The highest BCUT2D eigenvalue weighted by Crippen LogP contribution is 2.12. The van der Waals surface area contributed by atoms with Gasteiger partial charge in [-0.2, -0.15) is 0 Å². The Morgan fingerprint density at radius 2 is 1.62 bits per heavy atom. The second-order valence-corrected chi connectivity index (χ2v) is 7.04. The lowest BCUT2D eigenvalue weighted by Gasteiger charge is -2.09. The molecule has 0 amide bonds. The fourth-order valence-corrected chi connectivity index (χ4v) is 2.88. The SMILES string of the molecule is COc1ccc(CCNS(=O)(=O)CCOc2ccc(F)cc2)cc1. The van der Waals surface area contributed by atoms with Crippen LogP contribution in [0.1, 0.15) is 5.56 Å². The Morgan fingerprint density at radius 1 is 1.00 bits per heavy atom. The summed E-state index contributed by atoms with van der Waals surface area (Å²) in [6, 6.07) is 12.9. The van der Waals surface area contributed by atoms with Crippen molar-refractivity contribution >= 4 is 10.0 Å². The molecule has 0 bridgehead atoms. The molecule has 0 fully saturated rings.